The number of hydrogen-bond donors (Lipinski definition) is 1. The maximum Gasteiger partial charge on any atom is 0.122 e. The van der Waals surface area contributed by atoms with E-state index in [0.717, 1.165) is 36.1 Å². The lowest BCUT2D eigenvalue weighted by Crippen LogP contribution is -2.37. The Hall–Kier alpha value is -1.13. The number of likely N-dealkylation sites (tertiary alicyclic amines) is 1. The first-order valence-corrected chi connectivity index (χ1v) is 8.16. The Labute approximate surface area is 128 Å². The van der Waals surface area contributed by atoms with Gasteiger partial charge in [0.25, 0.3) is 0 Å². The zero-order chi connectivity index (χ0) is 15.1. The summed E-state index contributed by atoms with van der Waals surface area (Å²) in [7, 11) is 1.72. The molecule has 1 saturated heterocycles. The highest BCUT2D eigenvalue weighted by molar-refractivity contribution is 5.26. The molecule has 2 rings (SSSR count). The quantitative estimate of drug-likeness (QED) is 0.784. The van der Waals surface area contributed by atoms with Crippen molar-refractivity contribution in [2.75, 3.05) is 33.3 Å². The monoisotopic (exact) mass is 291 g/mol. The average molecular weight is 291 g/mol. The van der Waals surface area contributed by atoms with Gasteiger partial charge >= 0.3 is 0 Å². The number of hydrogen-bond acceptors (Lipinski definition) is 4. The van der Waals surface area contributed by atoms with Gasteiger partial charge in [-0.15, -0.1) is 0 Å². The predicted molar refractivity (Wildman–Crippen MR) is 86.7 cm³/mol. The Kier molecular flexibility index (Phi) is 6.46. The first kappa shape index (κ1) is 16.2. The third-order valence-electron chi connectivity index (χ3n) is 4.17. The summed E-state index contributed by atoms with van der Waals surface area (Å²) in [6.45, 7) is 9.86. The van der Waals surface area contributed by atoms with Crippen molar-refractivity contribution in [2.45, 2.75) is 39.7 Å². The summed E-state index contributed by atoms with van der Waals surface area (Å²) in [4.78, 5) is 7.13. The van der Waals surface area contributed by atoms with E-state index in [4.69, 9.17) is 4.74 Å². The second-order valence-corrected chi connectivity index (χ2v) is 6.06. The molecule has 1 fully saturated rings. The second kappa shape index (κ2) is 8.35. The first-order chi connectivity index (χ1) is 10.2. The molecular formula is C17H29N3O. The molecule has 0 unspecified atom stereocenters. The molecular weight excluding hydrogens is 262 g/mol. The van der Waals surface area contributed by atoms with Gasteiger partial charge in [0.1, 0.15) is 5.75 Å². The SMILES string of the molecule is CCCNCC1CCN(Cc2cc(OC)cc(C)n2)CC1. The summed E-state index contributed by atoms with van der Waals surface area (Å²) in [6, 6.07) is 4.04. The molecule has 118 valence electrons. The molecule has 0 aromatic carbocycles. The highest BCUT2D eigenvalue weighted by atomic mass is 16.5. The van der Waals surface area contributed by atoms with Gasteiger partial charge in [-0.1, -0.05) is 6.92 Å². The summed E-state index contributed by atoms with van der Waals surface area (Å²) in [5.74, 6) is 1.75. The van der Waals surface area contributed by atoms with E-state index < -0.39 is 0 Å². The van der Waals surface area contributed by atoms with Crippen molar-refractivity contribution in [2.24, 2.45) is 5.92 Å². The lowest BCUT2D eigenvalue weighted by atomic mass is 9.96. The molecule has 0 bridgehead atoms. The summed E-state index contributed by atoms with van der Waals surface area (Å²) in [5, 5.41) is 3.54. The van der Waals surface area contributed by atoms with Gasteiger partial charge in [-0.2, -0.15) is 0 Å². The number of ether oxygens (including phenoxy) is 1. The van der Waals surface area contributed by atoms with Crippen LogP contribution in [0.1, 0.15) is 37.6 Å². The van der Waals surface area contributed by atoms with Gasteiger partial charge in [0.05, 0.1) is 12.8 Å². The van der Waals surface area contributed by atoms with Gasteiger partial charge < -0.3 is 10.1 Å². The number of aromatic nitrogens is 1. The summed E-state index contributed by atoms with van der Waals surface area (Å²) < 4.78 is 5.33. The van der Waals surface area contributed by atoms with E-state index in [-0.39, 0.29) is 0 Å². The summed E-state index contributed by atoms with van der Waals surface area (Å²) in [6.07, 6.45) is 3.80. The fraction of sp³-hybridized carbons (Fsp3) is 0.706. The van der Waals surface area contributed by atoms with Crippen LogP contribution < -0.4 is 10.1 Å². The van der Waals surface area contributed by atoms with Crippen molar-refractivity contribution in [1.82, 2.24) is 15.2 Å². The summed E-state index contributed by atoms with van der Waals surface area (Å²) >= 11 is 0. The van der Waals surface area contributed by atoms with Crippen molar-refractivity contribution in [1.29, 1.82) is 0 Å². The number of rotatable bonds is 7. The van der Waals surface area contributed by atoms with E-state index in [9.17, 15) is 0 Å². The zero-order valence-electron chi connectivity index (χ0n) is 13.7. The van der Waals surface area contributed by atoms with E-state index in [2.05, 4.69) is 28.2 Å². The predicted octanol–water partition coefficient (Wildman–Crippen LogP) is 2.61. The number of piperidine rings is 1. The fourth-order valence-corrected chi connectivity index (χ4v) is 2.96. The van der Waals surface area contributed by atoms with Crippen molar-refractivity contribution in [3.05, 3.63) is 23.5 Å². The molecule has 0 amide bonds. The molecule has 1 aromatic rings. The number of methoxy groups -OCH3 is 1. The number of nitrogens with zero attached hydrogens (tertiary/aromatic N) is 2. The lowest BCUT2D eigenvalue weighted by molar-refractivity contribution is 0.173. The minimum absolute atomic E-state index is 0.841. The molecule has 4 heteroatoms. The molecule has 1 aliphatic heterocycles. The van der Waals surface area contributed by atoms with Crippen LogP contribution in [-0.4, -0.2) is 43.2 Å². The van der Waals surface area contributed by atoms with Crippen LogP contribution in [0, 0.1) is 12.8 Å². The van der Waals surface area contributed by atoms with E-state index in [1.807, 2.05) is 13.0 Å². The third kappa shape index (κ3) is 5.29. The molecule has 0 radical (unpaired) electrons. The van der Waals surface area contributed by atoms with Crippen LogP contribution in [0.3, 0.4) is 0 Å². The molecule has 4 nitrogen and oxygen atoms in total. The van der Waals surface area contributed by atoms with Crippen molar-refractivity contribution in [3.8, 4) is 5.75 Å². The Morgan fingerprint density at radius 3 is 2.76 bits per heavy atom. The van der Waals surface area contributed by atoms with Gasteiger partial charge in [-0.25, -0.2) is 0 Å². The van der Waals surface area contributed by atoms with Crippen molar-refractivity contribution in [3.63, 3.8) is 0 Å². The van der Waals surface area contributed by atoms with Crippen molar-refractivity contribution >= 4 is 0 Å². The highest BCUT2D eigenvalue weighted by Crippen LogP contribution is 2.20. The van der Waals surface area contributed by atoms with Gasteiger partial charge in [-0.05, 0) is 58.3 Å². The van der Waals surface area contributed by atoms with E-state index >= 15 is 0 Å². The average Bonchev–Trinajstić information content (AvgIpc) is 2.48. The van der Waals surface area contributed by atoms with Gasteiger partial charge in [-0.3, -0.25) is 9.88 Å². The maximum absolute atomic E-state index is 5.33. The third-order valence-corrected chi connectivity index (χ3v) is 4.17. The summed E-state index contributed by atoms with van der Waals surface area (Å²) in [5.41, 5.74) is 2.15. The topological polar surface area (TPSA) is 37.4 Å². The standard InChI is InChI=1S/C17H29N3O/c1-4-7-18-12-15-5-8-20(9-6-15)13-16-11-17(21-3)10-14(2)19-16/h10-11,15,18H,4-9,12-13H2,1-3H3. The zero-order valence-corrected chi connectivity index (χ0v) is 13.7. The van der Waals surface area contributed by atoms with E-state index in [0.29, 0.717) is 0 Å². The molecule has 0 atom stereocenters. The largest absolute Gasteiger partial charge is 0.497 e. The van der Waals surface area contributed by atoms with Crippen LogP contribution in [0.15, 0.2) is 12.1 Å². The van der Waals surface area contributed by atoms with Crippen LogP contribution in [0.4, 0.5) is 0 Å². The van der Waals surface area contributed by atoms with Crippen molar-refractivity contribution < 1.29 is 4.74 Å². The fourth-order valence-electron chi connectivity index (χ4n) is 2.96. The molecule has 0 aliphatic carbocycles. The van der Waals surface area contributed by atoms with Gasteiger partial charge in [0.15, 0.2) is 0 Å². The van der Waals surface area contributed by atoms with Gasteiger partial charge in [0, 0.05) is 24.4 Å². The molecule has 0 spiro atoms. The molecule has 0 saturated carbocycles. The van der Waals surface area contributed by atoms with E-state index in [1.54, 1.807) is 7.11 Å². The van der Waals surface area contributed by atoms with Crippen LogP contribution >= 0.6 is 0 Å². The normalized spacial score (nSPS) is 17.1. The number of aryl methyl sites for hydroxylation is 1. The first-order valence-electron chi connectivity index (χ1n) is 8.16. The second-order valence-electron chi connectivity index (χ2n) is 6.06. The number of pyridine rings is 1. The van der Waals surface area contributed by atoms with Crippen LogP contribution in [0.25, 0.3) is 0 Å². The van der Waals surface area contributed by atoms with Crippen LogP contribution in [0.5, 0.6) is 5.75 Å². The Morgan fingerprint density at radius 1 is 1.33 bits per heavy atom. The van der Waals surface area contributed by atoms with Crippen LogP contribution in [0.2, 0.25) is 0 Å². The Balaban J connectivity index is 1.79. The molecule has 1 N–H and O–H groups in total. The Bertz CT molecular complexity index is 428. The smallest absolute Gasteiger partial charge is 0.122 e. The molecule has 21 heavy (non-hydrogen) atoms. The molecule has 1 aliphatic rings. The van der Waals surface area contributed by atoms with Gasteiger partial charge in [0.2, 0.25) is 0 Å². The minimum Gasteiger partial charge on any atom is -0.497 e. The minimum atomic E-state index is 0.841. The van der Waals surface area contributed by atoms with E-state index in [1.165, 1.54) is 38.9 Å². The molecule has 1 aromatic heterocycles. The number of nitrogens with one attached hydrogen (secondary N) is 1. The maximum atomic E-state index is 5.33. The lowest BCUT2D eigenvalue weighted by Gasteiger charge is -2.32. The Morgan fingerprint density at radius 2 is 2.10 bits per heavy atom. The highest BCUT2D eigenvalue weighted by Gasteiger charge is 2.19. The van der Waals surface area contributed by atoms with Crippen LogP contribution in [-0.2, 0) is 6.54 Å². The molecule has 2 heterocycles.